The van der Waals surface area contributed by atoms with Crippen molar-refractivity contribution in [2.24, 2.45) is 16.5 Å². The third-order valence-corrected chi connectivity index (χ3v) is 4.89. The highest BCUT2D eigenvalue weighted by atomic mass is 32.1. The molecule has 2 aromatic rings. The highest BCUT2D eigenvalue weighted by Gasteiger charge is 2.20. The number of thiazole rings is 1. The second kappa shape index (κ2) is 10.9. The number of nitrogens with two attached hydrogens (primary N) is 2. The summed E-state index contributed by atoms with van der Waals surface area (Å²) in [5.41, 5.74) is 11.8. The Morgan fingerprint density at radius 2 is 1.93 bits per heavy atom. The van der Waals surface area contributed by atoms with Crippen molar-refractivity contribution in [1.82, 2.24) is 15.6 Å². The van der Waals surface area contributed by atoms with E-state index >= 15 is 0 Å². The molecule has 160 valence electrons. The number of ether oxygens (including phenoxy) is 1. The lowest BCUT2D eigenvalue weighted by Gasteiger charge is -2.18. The molecule has 2 rings (SSSR count). The first-order valence-electron chi connectivity index (χ1n) is 9.15. The second-order valence-electron chi connectivity index (χ2n) is 6.17. The molecule has 1 aromatic heterocycles. The largest absolute Gasteiger partial charge is 0.466 e. The monoisotopic (exact) mass is 432 g/mol. The molecule has 10 nitrogen and oxygen atoms in total. The van der Waals surface area contributed by atoms with Crippen LogP contribution in [0.4, 0.5) is 5.13 Å². The zero-order valence-electron chi connectivity index (χ0n) is 16.7. The van der Waals surface area contributed by atoms with Gasteiger partial charge in [0.1, 0.15) is 4.88 Å². The Kier molecular flexibility index (Phi) is 8.29. The maximum Gasteiger partial charge on any atom is 0.308 e. The Morgan fingerprint density at radius 1 is 1.23 bits per heavy atom. The first-order chi connectivity index (χ1) is 14.3. The van der Waals surface area contributed by atoms with Crippen molar-refractivity contribution in [3.05, 3.63) is 46.5 Å². The molecule has 0 saturated heterocycles. The molecular weight excluding hydrogens is 408 g/mol. The number of guanidine groups is 1. The Morgan fingerprint density at radius 3 is 2.57 bits per heavy atom. The Balaban J connectivity index is 2.00. The van der Waals surface area contributed by atoms with Gasteiger partial charge in [0.05, 0.1) is 31.3 Å². The molecule has 0 aliphatic heterocycles. The number of esters is 1. The van der Waals surface area contributed by atoms with E-state index in [9.17, 15) is 14.4 Å². The quantitative estimate of drug-likeness (QED) is 0.260. The number of aromatic nitrogens is 1. The summed E-state index contributed by atoms with van der Waals surface area (Å²) >= 11 is 1.01. The first-order valence-corrected chi connectivity index (χ1v) is 9.97. The van der Waals surface area contributed by atoms with Crippen LogP contribution in [0.3, 0.4) is 0 Å². The van der Waals surface area contributed by atoms with Crippen LogP contribution in [0.5, 0.6) is 0 Å². The van der Waals surface area contributed by atoms with Crippen LogP contribution < -0.4 is 22.1 Å². The molecule has 1 atom stereocenters. The fourth-order valence-corrected chi connectivity index (χ4v) is 3.44. The van der Waals surface area contributed by atoms with Crippen molar-refractivity contribution in [2.45, 2.75) is 26.3 Å². The van der Waals surface area contributed by atoms with Crippen molar-refractivity contribution in [3.8, 4) is 0 Å². The van der Waals surface area contributed by atoms with Gasteiger partial charge in [-0.3, -0.25) is 14.4 Å². The normalized spacial score (nSPS) is 11.3. The van der Waals surface area contributed by atoms with Gasteiger partial charge in [0.2, 0.25) is 11.0 Å². The van der Waals surface area contributed by atoms with Crippen LogP contribution in [-0.2, 0) is 14.3 Å². The Bertz CT molecular complexity index is 924. The third kappa shape index (κ3) is 6.85. The molecule has 0 radical (unpaired) electrons. The fourth-order valence-electron chi connectivity index (χ4n) is 2.56. The maximum atomic E-state index is 12.4. The molecule has 1 unspecified atom stereocenters. The van der Waals surface area contributed by atoms with Gasteiger partial charge in [-0.25, -0.2) is 4.98 Å². The minimum atomic E-state index is -0.576. The van der Waals surface area contributed by atoms with E-state index in [0.717, 1.165) is 16.9 Å². The van der Waals surface area contributed by atoms with Gasteiger partial charge < -0.3 is 26.8 Å². The highest BCUT2D eigenvalue weighted by Crippen LogP contribution is 2.24. The van der Waals surface area contributed by atoms with Gasteiger partial charge in [-0.15, -0.1) is 0 Å². The number of aryl methyl sites for hydroxylation is 1. The van der Waals surface area contributed by atoms with Crippen molar-refractivity contribution < 1.29 is 19.1 Å². The number of aliphatic imine (C=N–C) groups is 1. The lowest BCUT2D eigenvalue weighted by molar-refractivity contribution is -0.143. The van der Waals surface area contributed by atoms with Crippen LogP contribution in [0.25, 0.3) is 0 Å². The lowest BCUT2D eigenvalue weighted by atomic mass is 10.0. The second-order valence-corrected chi connectivity index (χ2v) is 7.15. The van der Waals surface area contributed by atoms with E-state index in [-0.39, 0.29) is 30.7 Å². The number of benzene rings is 1. The molecule has 2 amide bonds. The third-order valence-electron chi connectivity index (χ3n) is 3.84. The molecule has 30 heavy (non-hydrogen) atoms. The number of carbonyl (C=O) groups is 3. The summed E-state index contributed by atoms with van der Waals surface area (Å²) in [6, 6.07) is 8.47. The van der Waals surface area contributed by atoms with Gasteiger partial charge in [-0.05, 0) is 19.4 Å². The molecule has 0 saturated carbocycles. The van der Waals surface area contributed by atoms with Crippen LogP contribution in [-0.4, -0.2) is 41.9 Å². The predicted molar refractivity (Wildman–Crippen MR) is 113 cm³/mol. The summed E-state index contributed by atoms with van der Waals surface area (Å²) < 4.78 is 4.98. The van der Waals surface area contributed by atoms with Crippen LogP contribution in [0.15, 0.2) is 35.3 Å². The van der Waals surface area contributed by atoms with Gasteiger partial charge in [0, 0.05) is 0 Å². The highest BCUT2D eigenvalue weighted by molar-refractivity contribution is 7.17. The van der Waals surface area contributed by atoms with E-state index in [1.165, 1.54) is 0 Å². The van der Waals surface area contributed by atoms with Crippen LogP contribution >= 0.6 is 11.3 Å². The molecule has 0 spiro atoms. The summed E-state index contributed by atoms with van der Waals surface area (Å²) in [5.74, 6) is -1.51. The zero-order valence-corrected chi connectivity index (χ0v) is 17.5. The van der Waals surface area contributed by atoms with Crippen molar-refractivity contribution in [2.75, 3.05) is 13.2 Å². The summed E-state index contributed by atoms with van der Waals surface area (Å²) in [6.45, 7) is 3.33. The molecule has 0 aliphatic rings. The van der Waals surface area contributed by atoms with E-state index in [1.807, 2.05) is 18.2 Å². The standard InChI is InChI=1S/C19H24N6O4S/c1-3-29-15(27)9-13(12-7-5-4-6-8-12)24-14(26)10-22-17(28)16-11(2)23-19(30-16)25-18(20)21/h4-8,13H,3,9-10H2,1-2H3,(H,22,28)(H,24,26)(H4,20,21,23,25). The first kappa shape index (κ1) is 22.8. The zero-order chi connectivity index (χ0) is 22.1. The number of hydrogen-bond acceptors (Lipinski definition) is 7. The van der Waals surface area contributed by atoms with Gasteiger partial charge in [-0.1, -0.05) is 41.7 Å². The van der Waals surface area contributed by atoms with Crippen LogP contribution in [0, 0.1) is 6.92 Å². The number of nitrogens with zero attached hydrogens (tertiary/aromatic N) is 2. The topological polar surface area (TPSA) is 162 Å². The minimum absolute atomic E-state index is 0.0205. The fraction of sp³-hybridized carbons (Fsp3) is 0.316. The average Bonchev–Trinajstić information content (AvgIpc) is 3.06. The molecule has 0 bridgehead atoms. The predicted octanol–water partition coefficient (Wildman–Crippen LogP) is 0.897. The van der Waals surface area contributed by atoms with Gasteiger partial charge in [-0.2, -0.15) is 4.99 Å². The summed E-state index contributed by atoms with van der Waals surface area (Å²) in [7, 11) is 0. The number of nitrogens with one attached hydrogen (secondary N) is 2. The summed E-state index contributed by atoms with van der Waals surface area (Å²) in [4.78, 5) is 44.9. The number of amides is 2. The SMILES string of the molecule is CCOC(=O)CC(NC(=O)CNC(=O)c1sc(N=C(N)N)nc1C)c1ccccc1. The number of hydrogen-bond donors (Lipinski definition) is 4. The van der Waals surface area contributed by atoms with Crippen LogP contribution in [0.1, 0.15) is 40.3 Å². The van der Waals surface area contributed by atoms with Crippen molar-refractivity contribution >= 4 is 40.2 Å². The Hall–Kier alpha value is -3.47. The van der Waals surface area contributed by atoms with E-state index in [4.69, 9.17) is 16.2 Å². The molecule has 1 heterocycles. The van der Waals surface area contributed by atoms with E-state index in [1.54, 1.807) is 26.0 Å². The van der Waals surface area contributed by atoms with Gasteiger partial charge >= 0.3 is 5.97 Å². The van der Waals surface area contributed by atoms with Crippen LogP contribution in [0.2, 0.25) is 0 Å². The molecule has 0 fully saturated rings. The molecule has 1 aromatic carbocycles. The minimum Gasteiger partial charge on any atom is -0.466 e. The lowest BCUT2D eigenvalue weighted by Crippen LogP contribution is -2.39. The number of rotatable bonds is 9. The Labute approximate surface area is 177 Å². The van der Waals surface area contributed by atoms with E-state index in [0.29, 0.717) is 10.6 Å². The maximum absolute atomic E-state index is 12.4. The van der Waals surface area contributed by atoms with Gasteiger partial charge in [0.25, 0.3) is 5.91 Å². The molecular formula is C19H24N6O4S. The summed E-state index contributed by atoms with van der Waals surface area (Å²) in [5, 5.41) is 5.54. The van der Waals surface area contributed by atoms with Crippen molar-refractivity contribution in [1.29, 1.82) is 0 Å². The van der Waals surface area contributed by atoms with Crippen molar-refractivity contribution in [3.63, 3.8) is 0 Å². The molecule has 0 aliphatic carbocycles. The average molecular weight is 433 g/mol. The van der Waals surface area contributed by atoms with E-state index < -0.39 is 23.8 Å². The molecule has 6 N–H and O–H groups in total. The van der Waals surface area contributed by atoms with E-state index in [2.05, 4.69) is 20.6 Å². The van der Waals surface area contributed by atoms with Gasteiger partial charge in [0.15, 0.2) is 5.96 Å². The molecule has 11 heteroatoms. The summed E-state index contributed by atoms with van der Waals surface area (Å²) in [6.07, 6.45) is -0.0205. The number of carbonyl (C=O) groups excluding carboxylic acids is 3. The smallest absolute Gasteiger partial charge is 0.308 e.